The second kappa shape index (κ2) is 11.3. The van der Waals surface area contributed by atoms with Gasteiger partial charge in [0.25, 0.3) is 0 Å². The van der Waals surface area contributed by atoms with Crippen LogP contribution in [0.4, 0.5) is 0 Å². The van der Waals surface area contributed by atoms with Crippen LogP contribution in [0.15, 0.2) is 23.3 Å². The summed E-state index contributed by atoms with van der Waals surface area (Å²) in [5.41, 5.74) is 1.16. The van der Waals surface area contributed by atoms with Crippen LogP contribution in [0.5, 0.6) is 0 Å². The summed E-state index contributed by atoms with van der Waals surface area (Å²) >= 11 is 5.81. The van der Waals surface area contributed by atoms with E-state index in [1.165, 1.54) is 12.8 Å². The van der Waals surface area contributed by atoms with Crippen LogP contribution >= 0.6 is 11.6 Å². The first kappa shape index (κ1) is 19.9. The molecule has 2 N–H and O–H groups in total. The maximum Gasteiger partial charge on any atom is 0.191 e. The van der Waals surface area contributed by atoms with Crippen molar-refractivity contribution in [3.05, 3.63) is 29.0 Å². The van der Waals surface area contributed by atoms with Crippen LogP contribution in [-0.4, -0.2) is 68.3 Å². The average Bonchev–Trinajstić information content (AvgIpc) is 3.44. The van der Waals surface area contributed by atoms with Gasteiger partial charge in [-0.2, -0.15) is 0 Å². The molecule has 0 atom stereocenters. The Labute approximate surface area is 156 Å². The second-order valence-electron chi connectivity index (χ2n) is 6.19. The lowest BCUT2D eigenvalue weighted by molar-refractivity contribution is 0.145. The fourth-order valence-electron chi connectivity index (χ4n) is 2.64. The number of guanidine groups is 1. The predicted molar refractivity (Wildman–Crippen MR) is 103 cm³/mol. The molecule has 140 valence electrons. The fourth-order valence-corrected chi connectivity index (χ4v) is 2.75. The molecule has 6 nitrogen and oxygen atoms in total. The van der Waals surface area contributed by atoms with E-state index in [9.17, 15) is 0 Å². The van der Waals surface area contributed by atoms with Gasteiger partial charge >= 0.3 is 0 Å². The molecule has 1 aliphatic rings. The third kappa shape index (κ3) is 8.03. The molecule has 0 aromatic carbocycles. The van der Waals surface area contributed by atoms with Crippen molar-refractivity contribution >= 4 is 17.6 Å². The van der Waals surface area contributed by atoms with Crippen LogP contribution in [-0.2, 0) is 11.2 Å². The molecule has 1 saturated carbocycles. The largest absolute Gasteiger partial charge is 0.383 e. The molecule has 1 fully saturated rings. The minimum atomic E-state index is 0.528. The highest BCUT2D eigenvalue weighted by molar-refractivity contribution is 6.29. The van der Waals surface area contributed by atoms with Crippen molar-refractivity contribution in [2.75, 3.05) is 46.4 Å². The molecule has 0 unspecified atom stereocenters. The van der Waals surface area contributed by atoms with Crippen LogP contribution in [0.25, 0.3) is 0 Å². The Morgan fingerprint density at radius 2 is 2.20 bits per heavy atom. The van der Waals surface area contributed by atoms with Crippen molar-refractivity contribution in [2.45, 2.75) is 32.2 Å². The Balaban J connectivity index is 1.73. The lowest BCUT2D eigenvalue weighted by Gasteiger charge is -2.20. The third-order valence-corrected chi connectivity index (χ3v) is 4.37. The van der Waals surface area contributed by atoms with Gasteiger partial charge in [0.2, 0.25) is 0 Å². The Morgan fingerprint density at radius 1 is 1.36 bits per heavy atom. The van der Waals surface area contributed by atoms with E-state index in [0.717, 1.165) is 63.3 Å². The molecule has 1 aliphatic carbocycles. The summed E-state index contributed by atoms with van der Waals surface area (Å²) in [6.07, 6.45) is 5.32. The van der Waals surface area contributed by atoms with E-state index >= 15 is 0 Å². The van der Waals surface area contributed by atoms with E-state index in [-0.39, 0.29) is 0 Å². The number of ether oxygens (including phenoxy) is 1. The predicted octanol–water partition coefficient (Wildman–Crippen LogP) is 1.94. The molecule has 7 heteroatoms. The van der Waals surface area contributed by atoms with Crippen molar-refractivity contribution < 1.29 is 4.74 Å². The van der Waals surface area contributed by atoms with Crippen LogP contribution < -0.4 is 10.6 Å². The maximum atomic E-state index is 5.81. The second-order valence-corrected chi connectivity index (χ2v) is 6.57. The topological polar surface area (TPSA) is 61.8 Å². The number of methoxy groups -OCH3 is 1. The van der Waals surface area contributed by atoms with Gasteiger partial charge in [-0.1, -0.05) is 17.7 Å². The maximum absolute atomic E-state index is 5.81. The minimum absolute atomic E-state index is 0.528. The first-order chi connectivity index (χ1) is 12.2. The molecule has 0 spiro atoms. The quantitative estimate of drug-likeness (QED) is 0.355. The molecule has 0 aliphatic heterocycles. The van der Waals surface area contributed by atoms with E-state index in [4.69, 9.17) is 21.3 Å². The molecule has 0 radical (unpaired) electrons. The number of hydrogen-bond donors (Lipinski definition) is 2. The van der Waals surface area contributed by atoms with Crippen LogP contribution in [0.3, 0.4) is 0 Å². The van der Waals surface area contributed by atoms with Gasteiger partial charge < -0.3 is 15.4 Å². The summed E-state index contributed by atoms with van der Waals surface area (Å²) in [6.45, 7) is 7.28. The van der Waals surface area contributed by atoms with Gasteiger partial charge in [0.05, 0.1) is 13.2 Å². The molecule has 25 heavy (non-hydrogen) atoms. The van der Waals surface area contributed by atoms with Gasteiger partial charge in [-0.25, -0.2) is 4.98 Å². The zero-order chi connectivity index (χ0) is 17.9. The standard InChI is InChI=1S/C18H30ClN5O/c1-3-20-18(21-9-8-15-4-7-17(19)23-14-15)22-10-11-24(12-13-25-2)16-5-6-16/h4,7,14,16H,3,5-6,8-13H2,1-2H3,(H2,20,21,22). The number of pyridine rings is 1. The monoisotopic (exact) mass is 367 g/mol. The Bertz CT molecular complexity index is 519. The molecular weight excluding hydrogens is 338 g/mol. The smallest absolute Gasteiger partial charge is 0.191 e. The SMILES string of the molecule is CCNC(=NCCN(CCOC)C1CC1)NCCc1ccc(Cl)nc1. The van der Waals surface area contributed by atoms with Crippen molar-refractivity contribution in [3.63, 3.8) is 0 Å². The molecule has 2 rings (SSSR count). The van der Waals surface area contributed by atoms with E-state index < -0.39 is 0 Å². The third-order valence-electron chi connectivity index (χ3n) is 4.14. The molecule has 1 aromatic heterocycles. The minimum Gasteiger partial charge on any atom is -0.383 e. The number of rotatable bonds is 11. The Morgan fingerprint density at radius 3 is 2.84 bits per heavy atom. The van der Waals surface area contributed by atoms with Gasteiger partial charge in [-0.15, -0.1) is 0 Å². The van der Waals surface area contributed by atoms with E-state index in [2.05, 4.69) is 27.4 Å². The number of halogens is 1. The van der Waals surface area contributed by atoms with Gasteiger partial charge in [-0.3, -0.25) is 9.89 Å². The Hall–Kier alpha value is -1.37. The van der Waals surface area contributed by atoms with E-state index in [0.29, 0.717) is 5.15 Å². The lowest BCUT2D eigenvalue weighted by atomic mass is 10.2. The average molecular weight is 368 g/mol. The van der Waals surface area contributed by atoms with Gasteiger partial charge in [0, 0.05) is 45.5 Å². The van der Waals surface area contributed by atoms with Gasteiger partial charge in [-0.05, 0) is 37.8 Å². The number of aromatic nitrogens is 1. The normalized spacial score (nSPS) is 14.8. The molecule has 1 aromatic rings. The fraction of sp³-hybridized carbons (Fsp3) is 0.667. The van der Waals surface area contributed by atoms with Crippen molar-refractivity contribution in [3.8, 4) is 0 Å². The summed E-state index contributed by atoms with van der Waals surface area (Å²) in [7, 11) is 1.76. The zero-order valence-corrected chi connectivity index (χ0v) is 16.1. The van der Waals surface area contributed by atoms with E-state index in [1.54, 1.807) is 7.11 Å². The molecule has 0 amide bonds. The summed E-state index contributed by atoms with van der Waals surface area (Å²) in [5, 5.41) is 7.21. The highest BCUT2D eigenvalue weighted by atomic mass is 35.5. The summed E-state index contributed by atoms with van der Waals surface area (Å²) in [5.74, 6) is 0.868. The van der Waals surface area contributed by atoms with Crippen LogP contribution in [0.1, 0.15) is 25.3 Å². The Kier molecular flexibility index (Phi) is 9.00. The number of hydrogen-bond acceptors (Lipinski definition) is 4. The molecule has 0 saturated heterocycles. The first-order valence-electron chi connectivity index (χ1n) is 9.08. The number of nitrogens with zero attached hydrogens (tertiary/aromatic N) is 3. The number of aliphatic imine (C=N–C) groups is 1. The molecular formula is C18H30ClN5O. The first-order valence-corrected chi connectivity index (χ1v) is 9.46. The summed E-state index contributed by atoms with van der Waals surface area (Å²) in [4.78, 5) is 11.3. The summed E-state index contributed by atoms with van der Waals surface area (Å²) in [6, 6.07) is 4.56. The molecule has 1 heterocycles. The van der Waals surface area contributed by atoms with Crippen molar-refractivity contribution in [2.24, 2.45) is 4.99 Å². The van der Waals surface area contributed by atoms with Crippen LogP contribution in [0, 0.1) is 0 Å². The van der Waals surface area contributed by atoms with Crippen molar-refractivity contribution in [1.29, 1.82) is 0 Å². The van der Waals surface area contributed by atoms with Crippen molar-refractivity contribution in [1.82, 2.24) is 20.5 Å². The molecule has 0 bridgehead atoms. The highest BCUT2D eigenvalue weighted by Gasteiger charge is 2.28. The van der Waals surface area contributed by atoms with Crippen LogP contribution in [0.2, 0.25) is 5.15 Å². The zero-order valence-electron chi connectivity index (χ0n) is 15.3. The van der Waals surface area contributed by atoms with Gasteiger partial charge in [0.15, 0.2) is 5.96 Å². The lowest BCUT2D eigenvalue weighted by Crippen LogP contribution is -2.39. The highest BCUT2D eigenvalue weighted by Crippen LogP contribution is 2.26. The van der Waals surface area contributed by atoms with E-state index in [1.807, 2.05) is 18.3 Å². The van der Waals surface area contributed by atoms with Gasteiger partial charge in [0.1, 0.15) is 5.15 Å². The number of nitrogens with one attached hydrogen (secondary N) is 2. The summed E-state index contributed by atoms with van der Waals surface area (Å²) < 4.78 is 5.20.